The van der Waals surface area contributed by atoms with Crippen LogP contribution in [0.15, 0.2) is 30.3 Å². The van der Waals surface area contributed by atoms with Crippen LogP contribution in [-0.2, 0) is 5.41 Å². The molecule has 0 spiro atoms. The molecule has 0 aromatic heterocycles. The van der Waals surface area contributed by atoms with Gasteiger partial charge in [0.15, 0.2) is 0 Å². The Morgan fingerprint density at radius 2 is 1.94 bits per heavy atom. The highest BCUT2D eigenvalue weighted by atomic mass is 14.9. The summed E-state index contributed by atoms with van der Waals surface area (Å²) in [6.45, 7) is 8.04. The van der Waals surface area contributed by atoms with Gasteiger partial charge in [0.25, 0.3) is 0 Å². The maximum atomic E-state index is 3.76. The molecule has 1 saturated heterocycles. The van der Waals surface area contributed by atoms with E-state index >= 15 is 0 Å². The summed E-state index contributed by atoms with van der Waals surface area (Å²) >= 11 is 0. The number of hydrogen-bond acceptors (Lipinski definition) is 2. The van der Waals surface area contributed by atoms with E-state index < -0.39 is 0 Å². The van der Waals surface area contributed by atoms with Gasteiger partial charge in [0, 0.05) is 18.0 Å². The zero-order valence-corrected chi connectivity index (χ0v) is 11.7. The molecule has 0 aliphatic carbocycles. The van der Waals surface area contributed by atoms with Gasteiger partial charge in [-0.25, -0.2) is 0 Å². The number of rotatable bonds is 4. The van der Waals surface area contributed by atoms with Crippen molar-refractivity contribution >= 4 is 0 Å². The molecular weight excluding hydrogens is 220 g/mol. The van der Waals surface area contributed by atoms with Crippen LogP contribution in [0.2, 0.25) is 0 Å². The summed E-state index contributed by atoms with van der Waals surface area (Å²) in [5.74, 6) is 0. The number of benzene rings is 1. The van der Waals surface area contributed by atoms with E-state index in [1.807, 2.05) is 0 Å². The third-order valence-electron chi connectivity index (χ3n) is 3.96. The first-order chi connectivity index (χ1) is 8.68. The predicted molar refractivity (Wildman–Crippen MR) is 78.0 cm³/mol. The van der Waals surface area contributed by atoms with E-state index in [2.05, 4.69) is 54.8 Å². The van der Waals surface area contributed by atoms with Gasteiger partial charge in [-0.05, 0) is 37.9 Å². The van der Waals surface area contributed by atoms with E-state index in [4.69, 9.17) is 0 Å². The molecule has 1 aliphatic heterocycles. The lowest BCUT2D eigenvalue weighted by Crippen LogP contribution is -2.39. The van der Waals surface area contributed by atoms with Gasteiger partial charge in [0.05, 0.1) is 0 Å². The fourth-order valence-electron chi connectivity index (χ4n) is 2.61. The molecular formula is C16H26N2. The standard InChI is InChI=1S/C16H26N2/c1-16(2,14-7-4-3-5-8-14)13-18-15-9-6-11-17-12-10-15/h3-5,7-8,15,17-18H,6,9-13H2,1-2H3. The molecule has 1 heterocycles. The molecule has 0 amide bonds. The van der Waals surface area contributed by atoms with E-state index in [1.165, 1.54) is 31.4 Å². The van der Waals surface area contributed by atoms with Crippen LogP contribution >= 0.6 is 0 Å². The van der Waals surface area contributed by atoms with Crippen molar-refractivity contribution in [3.05, 3.63) is 35.9 Å². The average molecular weight is 246 g/mol. The molecule has 0 radical (unpaired) electrons. The van der Waals surface area contributed by atoms with Crippen LogP contribution in [0.4, 0.5) is 0 Å². The molecule has 100 valence electrons. The van der Waals surface area contributed by atoms with Crippen molar-refractivity contribution in [3.63, 3.8) is 0 Å². The molecule has 18 heavy (non-hydrogen) atoms. The van der Waals surface area contributed by atoms with E-state index in [1.54, 1.807) is 0 Å². The van der Waals surface area contributed by atoms with Crippen LogP contribution < -0.4 is 10.6 Å². The summed E-state index contributed by atoms with van der Waals surface area (Å²) in [7, 11) is 0. The first kappa shape index (κ1) is 13.6. The molecule has 1 aliphatic rings. The third kappa shape index (κ3) is 3.82. The van der Waals surface area contributed by atoms with E-state index in [0.29, 0.717) is 6.04 Å². The van der Waals surface area contributed by atoms with Crippen LogP contribution in [0, 0.1) is 0 Å². The van der Waals surface area contributed by atoms with Crippen molar-refractivity contribution in [2.75, 3.05) is 19.6 Å². The smallest absolute Gasteiger partial charge is 0.00799 e. The van der Waals surface area contributed by atoms with Crippen LogP contribution in [0.25, 0.3) is 0 Å². The Kier molecular flexibility index (Phi) is 4.79. The Hall–Kier alpha value is -0.860. The predicted octanol–water partition coefficient (Wildman–Crippen LogP) is 2.70. The molecule has 1 fully saturated rings. The highest BCUT2D eigenvalue weighted by Gasteiger charge is 2.22. The minimum Gasteiger partial charge on any atom is -0.317 e. The molecule has 1 unspecified atom stereocenters. The highest BCUT2D eigenvalue weighted by molar-refractivity contribution is 5.23. The first-order valence-electron chi connectivity index (χ1n) is 7.18. The molecule has 0 bridgehead atoms. The molecule has 1 atom stereocenters. The Bertz CT molecular complexity index is 337. The Labute approximate surface area is 111 Å². The Balaban J connectivity index is 1.88. The van der Waals surface area contributed by atoms with Gasteiger partial charge >= 0.3 is 0 Å². The average Bonchev–Trinajstić information content (AvgIpc) is 2.66. The second-order valence-electron chi connectivity index (χ2n) is 6.01. The molecule has 2 heteroatoms. The summed E-state index contributed by atoms with van der Waals surface area (Å²) in [4.78, 5) is 0. The first-order valence-corrected chi connectivity index (χ1v) is 7.18. The van der Waals surface area contributed by atoms with Crippen molar-refractivity contribution in [3.8, 4) is 0 Å². The van der Waals surface area contributed by atoms with Crippen molar-refractivity contribution in [2.45, 2.75) is 44.6 Å². The van der Waals surface area contributed by atoms with Crippen LogP contribution in [-0.4, -0.2) is 25.7 Å². The highest BCUT2D eigenvalue weighted by Crippen LogP contribution is 2.22. The molecule has 2 nitrogen and oxygen atoms in total. The van der Waals surface area contributed by atoms with Crippen molar-refractivity contribution in [1.82, 2.24) is 10.6 Å². The maximum Gasteiger partial charge on any atom is 0.00799 e. The summed E-state index contributed by atoms with van der Waals surface area (Å²) < 4.78 is 0. The lowest BCUT2D eigenvalue weighted by atomic mass is 9.84. The van der Waals surface area contributed by atoms with Gasteiger partial charge in [-0.15, -0.1) is 0 Å². The molecule has 2 N–H and O–H groups in total. The largest absolute Gasteiger partial charge is 0.317 e. The third-order valence-corrected chi connectivity index (χ3v) is 3.96. The quantitative estimate of drug-likeness (QED) is 0.853. The van der Waals surface area contributed by atoms with E-state index in [9.17, 15) is 0 Å². The minimum absolute atomic E-state index is 0.209. The fourth-order valence-corrected chi connectivity index (χ4v) is 2.61. The SMILES string of the molecule is CC(C)(CNC1CCCNCC1)c1ccccc1. The van der Waals surface area contributed by atoms with E-state index in [0.717, 1.165) is 13.1 Å². The Morgan fingerprint density at radius 3 is 2.72 bits per heavy atom. The topological polar surface area (TPSA) is 24.1 Å². The van der Waals surface area contributed by atoms with Gasteiger partial charge < -0.3 is 10.6 Å². The minimum atomic E-state index is 0.209. The van der Waals surface area contributed by atoms with Crippen molar-refractivity contribution in [1.29, 1.82) is 0 Å². The fraction of sp³-hybridized carbons (Fsp3) is 0.625. The Morgan fingerprint density at radius 1 is 1.17 bits per heavy atom. The van der Waals surface area contributed by atoms with Gasteiger partial charge in [0.2, 0.25) is 0 Å². The molecule has 1 aromatic rings. The van der Waals surface area contributed by atoms with Crippen LogP contribution in [0.1, 0.15) is 38.7 Å². The molecule has 0 saturated carbocycles. The van der Waals surface area contributed by atoms with Crippen molar-refractivity contribution in [2.24, 2.45) is 0 Å². The summed E-state index contributed by atoms with van der Waals surface area (Å²) in [6.07, 6.45) is 3.85. The zero-order valence-electron chi connectivity index (χ0n) is 11.7. The lowest BCUT2D eigenvalue weighted by Gasteiger charge is -2.28. The van der Waals surface area contributed by atoms with Gasteiger partial charge in [-0.2, -0.15) is 0 Å². The second-order valence-corrected chi connectivity index (χ2v) is 6.01. The number of hydrogen-bond donors (Lipinski definition) is 2. The number of nitrogens with one attached hydrogen (secondary N) is 2. The summed E-state index contributed by atoms with van der Waals surface area (Å²) in [5.41, 5.74) is 1.63. The summed E-state index contributed by atoms with van der Waals surface area (Å²) in [5, 5.41) is 7.23. The zero-order chi connectivity index (χ0) is 12.8. The molecule has 1 aromatic carbocycles. The normalized spacial score (nSPS) is 21.6. The van der Waals surface area contributed by atoms with E-state index in [-0.39, 0.29) is 5.41 Å². The molecule has 2 rings (SSSR count). The van der Waals surface area contributed by atoms with Gasteiger partial charge in [-0.3, -0.25) is 0 Å². The van der Waals surface area contributed by atoms with Gasteiger partial charge in [-0.1, -0.05) is 44.2 Å². The van der Waals surface area contributed by atoms with Crippen LogP contribution in [0.3, 0.4) is 0 Å². The second kappa shape index (κ2) is 6.35. The van der Waals surface area contributed by atoms with Crippen LogP contribution in [0.5, 0.6) is 0 Å². The van der Waals surface area contributed by atoms with Crippen molar-refractivity contribution < 1.29 is 0 Å². The summed E-state index contributed by atoms with van der Waals surface area (Å²) in [6, 6.07) is 11.5. The maximum absolute atomic E-state index is 3.76. The monoisotopic (exact) mass is 246 g/mol. The van der Waals surface area contributed by atoms with Gasteiger partial charge in [0.1, 0.15) is 0 Å². The lowest BCUT2D eigenvalue weighted by molar-refractivity contribution is 0.396.